The molecule has 3 heteroatoms. The van der Waals surface area contributed by atoms with Crippen LogP contribution in [0.15, 0.2) is 48.8 Å². The minimum absolute atomic E-state index is 0.315. The smallest absolute Gasteiger partial charge is 0.0489 e. The minimum atomic E-state index is 0.315. The van der Waals surface area contributed by atoms with Gasteiger partial charge in [0.25, 0.3) is 0 Å². The largest absolute Gasteiger partial charge is 0.303 e. The van der Waals surface area contributed by atoms with Crippen LogP contribution in [0.2, 0.25) is 0 Å². The third-order valence-electron chi connectivity index (χ3n) is 5.25. The number of nitrogens with zero attached hydrogens (tertiary/aromatic N) is 3. The molecule has 2 aliphatic rings. The summed E-state index contributed by atoms with van der Waals surface area (Å²) >= 11 is 0. The molecular formula is C19H23N3. The van der Waals surface area contributed by atoms with E-state index in [1.165, 1.54) is 44.5 Å². The number of hydrogen-bond donors (Lipinski definition) is 0. The van der Waals surface area contributed by atoms with Gasteiger partial charge in [-0.3, -0.25) is 4.68 Å². The lowest BCUT2D eigenvalue weighted by Gasteiger charge is -2.39. The fourth-order valence-electron chi connectivity index (χ4n) is 3.94. The molecule has 0 unspecified atom stereocenters. The summed E-state index contributed by atoms with van der Waals surface area (Å²) < 4.78 is 2.03. The molecule has 1 saturated heterocycles. The molecule has 0 N–H and O–H groups in total. The Morgan fingerprint density at radius 1 is 1.05 bits per heavy atom. The molecule has 0 atom stereocenters. The molecule has 0 bridgehead atoms. The van der Waals surface area contributed by atoms with Crippen molar-refractivity contribution in [2.45, 2.75) is 31.2 Å². The van der Waals surface area contributed by atoms with Crippen LogP contribution in [0.5, 0.6) is 0 Å². The lowest BCUT2D eigenvalue weighted by molar-refractivity contribution is 0.180. The van der Waals surface area contributed by atoms with E-state index in [4.69, 9.17) is 0 Å². The van der Waals surface area contributed by atoms with Crippen molar-refractivity contribution < 1.29 is 0 Å². The quantitative estimate of drug-likeness (QED) is 0.862. The highest BCUT2D eigenvalue weighted by molar-refractivity contribution is 5.65. The molecule has 1 spiro atoms. The Kier molecular flexibility index (Phi) is 3.59. The number of benzene rings is 1. The molecule has 114 valence electrons. The Hall–Kier alpha value is -1.87. The Bertz CT molecular complexity index is 649. The third kappa shape index (κ3) is 2.50. The van der Waals surface area contributed by atoms with Gasteiger partial charge in [-0.05, 0) is 56.1 Å². The fraction of sp³-hybridized carbons (Fsp3) is 0.421. The van der Waals surface area contributed by atoms with Crippen LogP contribution in [0, 0.1) is 0 Å². The summed E-state index contributed by atoms with van der Waals surface area (Å²) in [6, 6.07) is 10.9. The van der Waals surface area contributed by atoms with Crippen LogP contribution < -0.4 is 0 Å². The van der Waals surface area contributed by atoms with Crippen LogP contribution in [0.3, 0.4) is 0 Å². The lowest BCUT2D eigenvalue weighted by Crippen LogP contribution is -2.41. The molecule has 0 saturated carbocycles. The molecule has 1 aliphatic heterocycles. The summed E-state index contributed by atoms with van der Waals surface area (Å²) in [5, 5.41) is 4.27. The normalized spacial score (nSPS) is 19.6. The van der Waals surface area contributed by atoms with Gasteiger partial charge in [0.05, 0.1) is 0 Å². The molecular weight excluding hydrogens is 270 g/mol. The highest BCUT2D eigenvalue weighted by atomic mass is 15.3. The molecule has 1 aromatic carbocycles. The van der Waals surface area contributed by atoms with E-state index in [0.29, 0.717) is 5.41 Å². The molecule has 2 heterocycles. The summed E-state index contributed by atoms with van der Waals surface area (Å²) in [7, 11) is 0. The van der Waals surface area contributed by atoms with E-state index in [2.05, 4.69) is 46.4 Å². The summed E-state index contributed by atoms with van der Waals surface area (Å²) in [6.45, 7) is 4.62. The van der Waals surface area contributed by atoms with Crippen LogP contribution in [0.25, 0.3) is 6.08 Å². The highest BCUT2D eigenvalue weighted by Gasteiger charge is 2.37. The van der Waals surface area contributed by atoms with Crippen molar-refractivity contribution in [2.75, 3.05) is 19.6 Å². The molecule has 2 aromatic rings. The number of hydrogen-bond acceptors (Lipinski definition) is 2. The predicted molar refractivity (Wildman–Crippen MR) is 89.7 cm³/mol. The summed E-state index contributed by atoms with van der Waals surface area (Å²) in [5.41, 5.74) is 3.29. The van der Waals surface area contributed by atoms with E-state index in [1.54, 1.807) is 5.56 Å². The number of fused-ring (bicyclic) bond motifs is 2. The maximum absolute atomic E-state index is 4.27. The number of aromatic nitrogens is 2. The zero-order chi connectivity index (χ0) is 14.8. The first-order valence-corrected chi connectivity index (χ1v) is 8.34. The van der Waals surface area contributed by atoms with Gasteiger partial charge in [-0.15, -0.1) is 0 Å². The van der Waals surface area contributed by atoms with Crippen molar-refractivity contribution in [3.05, 3.63) is 59.9 Å². The molecule has 3 nitrogen and oxygen atoms in total. The van der Waals surface area contributed by atoms with Gasteiger partial charge in [0, 0.05) is 24.4 Å². The molecule has 1 fully saturated rings. The topological polar surface area (TPSA) is 21.1 Å². The fourth-order valence-corrected chi connectivity index (χ4v) is 3.94. The Morgan fingerprint density at radius 2 is 1.91 bits per heavy atom. The Labute approximate surface area is 132 Å². The molecule has 1 aliphatic carbocycles. The van der Waals surface area contributed by atoms with Gasteiger partial charge in [-0.2, -0.15) is 5.10 Å². The first-order valence-electron chi connectivity index (χ1n) is 8.34. The number of rotatable bonds is 4. The van der Waals surface area contributed by atoms with Crippen molar-refractivity contribution in [3.8, 4) is 0 Å². The van der Waals surface area contributed by atoms with Gasteiger partial charge in [0.15, 0.2) is 0 Å². The Balaban J connectivity index is 1.33. The van der Waals surface area contributed by atoms with E-state index < -0.39 is 0 Å². The average Bonchev–Trinajstić information content (AvgIpc) is 3.19. The zero-order valence-corrected chi connectivity index (χ0v) is 13.0. The third-order valence-corrected chi connectivity index (χ3v) is 5.25. The van der Waals surface area contributed by atoms with Crippen LogP contribution in [-0.2, 0) is 12.0 Å². The molecule has 4 rings (SSSR count). The second-order valence-electron chi connectivity index (χ2n) is 6.54. The second kappa shape index (κ2) is 5.73. The number of allylic oxidation sites excluding steroid dienone is 1. The monoisotopic (exact) mass is 293 g/mol. The van der Waals surface area contributed by atoms with E-state index in [-0.39, 0.29) is 0 Å². The predicted octanol–water partition coefficient (Wildman–Crippen LogP) is 3.33. The SMILES string of the molecule is C1=CC2(CCN(CCCn3cccn3)CC2)c2ccccc21. The van der Waals surface area contributed by atoms with Crippen molar-refractivity contribution in [2.24, 2.45) is 0 Å². The van der Waals surface area contributed by atoms with Gasteiger partial charge < -0.3 is 4.90 Å². The maximum atomic E-state index is 4.27. The van der Waals surface area contributed by atoms with Crippen LogP contribution in [0.4, 0.5) is 0 Å². The van der Waals surface area contributed by atoms with Crippen LogP contribution >= 0.6 is 0 Å². The zero-order valence-electron chi connectivity index (χ0n) is 13.0. The summed E-state index contributed by atoms with van der Waals surface area (Å²) in [6.07, 6.45) is 12.4. The van der Waals surface area contributed by atoms with E-state index in [9.17, 15) is 0 Å². The van der Waals surface area contributed by atoms with Gasteiger partial charge in [0.2, 0.25) is 0 Å². The standard InChI is InChI=1S/C19H23N3/c1-2-6-18-17(5-1)7-8-19(18)9-15-21(16-10-19)12-4-14-22-13-3-11-20-22/h1-3,5-8,11,13H,4,9-10,12,14-16H2. The summed E-state index contributed by atoms with van der Waals surface area (Å²) in [4.78, 5) is 2.61. The van der Waals surface area contributed by atoms with E-state index in [0.717, 1.165) is 6.54 Å². The lowest BCUT2D eigenvalue weighted by atomic mass is 9.74. The summed E-state index contributed by atoms with van der Waals surface area (Å²) in [5.74, 6) is 0. The van der Waals surface area contributed by atoms with Gasteiger partial charge in [0.1, 0.15) is 0 Å². The van der Waals surface area contributed by atoms with Crippen molar-refractivity contribution >= 4 is 6.08 Å². The second-order valence-corrected chi connectivity index (χ2v) is 6.54. The number of aryl methyl sites for hydroxylation is 1. The van der Waals surface area contributed by atoms with Crippen molar-refractivity contribution in [1.82, 2.24) is 14.7 Å². The first kappa shape index (κ1) is 13.8. The average molecular weight is 293 g/mol. The molecule has 0 amide bonds. The number of piperidine rings is 1. The van der Waals surface area contributed by atoms with Crippen LogP contribution in [0.1, 0.15) is 30.4 Å². The van der Waals surface area contributed by atoms with Crippen molar-refractivity contribution in [3.63, 3.8) is 0 Å². The van der Waals surface area contributed by atoms with Crippen molar-refractivity contribution in [1.29, 1.82) is 0 Å². The molecule has 22 heavy (non-hydrogen) atoms. The van der Waals surface area contributed by atoms with Gasteiger partial charge in [-0.25, -0.2) is 0 Å². The first-order chi connectivity index (χ1) is 10.9. The Morgan fingerprint density at radius 3 is 2.73 bits per heavy atom. The minimum Gasteiger partial charge on any atom is -0.303 e. The number of likely N-dealkylation sites (tertiary alicyclic amines) is 1. The highest BCUT2D eigenvalue weighted by Crippen LogP contribution is 2.43. The molecule has 0 radical (unpaired) electrons. The van der Waals surface area contributed by atoms with Gasteiger partial charge in [-0.1, -0.05) is 36.4 Å². The van der Waals surface area contributed by atoms with E-state index in [1.807, 2.05) is 23.1 Å². The van der Waals surface area contributed by atoms with E-state index >= 15 is 0 Å². The maximum Gasteiger partial charge on any atom is 0.0489 e. The molecule has 1 aromatic heterocycles. The van der Waals surface area contributed by atoms with Gasteiger partial charge >= 0.3 is 0 Å². The van der Waals surface area contributed by atoms with Crippen LogP contribution in [-0.4, -0.2) is 34.3 Å².